The van der Waals surface area contributed by atoms with Gasteiger partial charge in [0.25, 0.3) is 0 Å². The third-order valence-corrected chi connectivity index (χ3v) is 3.49. The van der Waals surface area contributed by atoms with E-state index in [0.29, 0.717) is 13.1 Å². The van der Waals surface area contributed by atoms with Gasteiger partial charge in [-0.25, -0.2) is 0 Å². The van der Waals surface area contributed by atoms with E-state index in [1.165, 1.54) is 11.8 Å². The lowest BCUT2D eigenvalue weighted by Gasteiger charge is -2.32. The molecule has 0 radical (unpaired) electrons. The number of nitrogens with zero attached hydrogens (tertiary/aromatic N) is 2. The van der Waals surface area contributed by atoms with Crippen molar-refractivity contribution in [1.82, 2.24) is 9.80 Å². The van der Waals surface area contributed by atoms with Crippen molar-refractivity contribution in [3.05, 3.63) is 0 Å². The summed E-state index contributed by atoms with van der Waals surface area (Å²) < 4.78 is 38.8. The molecule has 1 aliphatic rings. The minimum absolute atomic E-state index is 0.165. The van der Waals surface area contributed by atoms with Gasteiger partial charge in [-0.1, -0.05) is 6.92 Å². The normalized spacial score (nSPS) is 30.9. The van der Waals surface area contributed by atoms with Gasteiger partial charge in [0.15, 0.2) is 0 Å². The molecule has 1 saturated heterocycles. The van der Waals surface area contributed by atoms with Gasteiger partial charge in [-0.2, -0.15) is 13.2 Å². The first-order chi connectivity index (χ1) is 7.64. The second-order valence-electron chi connectivity index (χ2n) is 5.31. The van der Waals surface area contributed by atoms with Crippen LogP contribution in [0.1, 0.15) is 13.8 Å². The number of likely N-dealkylation sites (tertiary alicyclic amines) is 1. The Morgan fingerprint density at radius 2 is 1.82 bits per heavy atom. The van der Waals surface area contributed by atoms with Crippen LogP contribution in [0, 0.1) is 5.92 Å². The second kappa shape index (κ2) is 5.12. The lowest BCUT2D eigenvalue weighted by molar-refractivity contribution is -0.185. The molecule has 1 fully saturated rings. The van der Waals surface area contributed by atoms with E-state index in [4.69, 9.17) is 5.73 Å². The molecule has 3 nitrogen and oxygen atoms in total. The molecule has 6 heteroatoms. The molecule has 1 aliphatic heterocycles. The Labute approximate surface area is 101 Å². The van der Waals surface area contributed by atoms with Crippen LogP contribution in [0.4, 0.5) is 13.2 Å². The summed E-state index contributed by atoms with van der Waals surface area (Å²) in [4.78, 5) is 3.46. The molecular formula is C11H22F3N3. The predicted molar refractivity (Wildman–Crippen MR) is 61.7 cm³/mol. The molecule has 0 aromatic rings. The van der Waals surface area contributed by atoms with Gasteiger partial charge in [0.2, 0.25) is 0 Å². The van der Waals surface area contributed by atoms with Crippen molar-refractivity contribution in [2.45, 2.75) is 38.1 Å². The van der Waals surface area contributed by atoms with Gasteiger partial charge in [0.1, 0.15) is 6.04 Å². The van der Waals surface area contributed by atoms with E-state index in [1.807, 2.05) is 25.9 Å². The number of hydrogen-bond donors (Lipinski definition) is 1. The minimum Gasteiger partial charge on any atom is -0.326 e. The average molecular weight is 253 g/mol. The molecule has 0 spiro atoms. The topological polar surface area (TPSA) is 32.5 Å². The molecule has 0 bridgehead atoms. The number of rotatable bonds is 3. The maximum atomic E-state index is 12.9. The standard InChI is InChI=1S/C11H22F3N3/c1-7-5-17(6-9(7)16(3)4)10(8(2)15)11(12,13)14/h7-10H,5-6,15H2,1-4H3. The smallest absolute Gasteiger partial charge is 0.326 e. The van der Waals surface area contributed by atoms with Crippen molar-refractivity contribution < 1.29 is 13.2 Å². The molecule has 1 rings (SSSR count). The van der Waals surface area contributed by atoms with Crippen molar-refractivity contribution in [1.29, 1.82) is 0 Å². The van der Waals surface area contributed by atoms with Crippen LogP contribution in [0.2, 0.25) is 0 Å². The summed E-state index contributed by atoms with van der Waals surface area (Å²) in [5.74, 6) is 0.230. The number of nitrogens with two attached hydrogens (primary N) is 1. The van der Waals surface area contributed by atoms with Crippen LogP contribution in [-0.2, 0) is 0 Å². The van der Waals surface area contributed by atoms with E-state index in [0.717, 1.165) is 0 Å². The molecule has 2 N–H and O–H groups in total. The summed E-state index contributed by atoms with van der Waals surface area (Å²) in [6.45, 7) is 4.29. The first-order valence-electron chi connectivity index (χ1n) is 5.87. The van der Waals surface area contributed by atoms with Crippen molar-refractivity contribution in [3.8, 4) is 0 Å². The Morgan fingerprint density at radius 3 is 2.12 bits per heavy atom. The average Bonchev–Trinajstić information content (AvgIpc) is 2.43. The van der Waals surface area contributed by atoms with Crippen molar-refractivity contribution in [2.24, 2.45) is 11.7 Å². The third-order valence-electron chi connectivity index (χ3n) is 3.49. The number of alkyl halides is 3. The van der Waals surface area contributed by atoms with Crippen LogP contribution in [0.5, 0.6) is 0 Å². The molecular weight excluding hydrogens is 231 g/mol. The molecule has 102 valence electrons. The van der Waals surface area contributed by atoms with E-state index in [1.54, 1.807) is 0 Å². The fourth-order valence-corrected chi connectivity index (χ4v) is 2.72. The van der Waals surface area contributed by atoms with Crippen LogP contribution in [0.15, 0.2) is 0 Å². The van der Waals surface area contributed by atoms with Crippen LogP contribution in [-0.4, -0.2) is 61.3 Å². The molecule has 0 saturated carbocycles. The zero-order chi connectivity index (χ0) is 13.4. The van der Waals surface area contributed by atoms with Crippen LogP contribution < -0.4 is 5.73 Å². The molecule has 0 aliphatic carbocycles. The highest BCUT2D eigenvalue weighted by molar-refractivity contribution is 4.95. The third kappa shape index (κ3) is 3.33. The second-order valence-corrected chi connectivity index (χ2v) is 5.31. The first-order valence-corrected chi connectivity index (χ1v) is 5.87. The fourth-order valence-electron chi connectivity index (χ4n) is 2.72. The quantitative estimate of drug-likeness (QED) is 0.819. The Bertz CT molecular complexity index is 253. The molecule has 0 aromatic heterocycles. The van der Waals surface area contributed by atoms with E-state index >= 15 is 0 Å². The summed E-state index contributed by atoms with van der Waals surface area (Å²) in [7, 11) is 3.80. The van der Waals surface area contributed by atoms with Gasteiger partial charge >= 0.3 is 6.18 Å². The molecule has 1 heterocycles. The number of likely N-dealkylation sites (N-methyl/N-ethyl adjacent to an activating group) is 1. The van der Waals surface area contributed by atoms with Gasteiger partial charge in [-0.3, -0.25) is 4.90 Å². The highest BCUT2D eigenvalue weighted by atomic mass is 19.4. The van der Waals surface area contributed by atoms with Crippen LogP contribution >= 0.6 is 0 Å². The largest absolute Gasteiger partial charge is 0.405 e. The van der Waals surface area contributed by atoms with Gasteiger partial charge in [-0.15, -0.1) is 0 Å². The van der Waals surface area contributed by atoms with Crippen LogP contribution in [0.25, 0.3) is 0 Å². The fraction of sp³-hybridized carbons (Fsp3) is 1.00. The lowest BCUT2D eigenvalue weighted by atomic mass is 10.1. The minimum atomic E-state index is -4.25. The van der Waals surface area contributed by atoms with E-state index < -0.39 is 18.3 Å². The van der Waals surface area contributed by atoms with Crippen molar-refractivity contribution in [3.63, 3.8) is 0 Å². The summed E-state index contributed by atoms with van der Waals surface area (Å²) in [5.41, 5.74) is 5.49. The van der Waals surface area contributed by atoms with Crippen LogP contribution in [0.3, 0.4) is 0 Å². The predicted octanol–water partition coefficient (Wildman–Crippen LogP) is 1.15. The van der Waals surface area contributed by atoms with Gasteiger partial charge in [-0.05, 0) is 26.9 Å². The van der Waals surface area contributed by atoms with Gasteiger partial charge in [0.05, 0.1) is 0 Å². The molecule has 0 amide bonds. The lowest BCUT2D eigenvalue weighted by Crippen LogP contribution is -2.54. The molecule has 4 atom stereocenters. The zero-order valence-corrected chi connectivity index (χ0v) is 10.8. The Morgan fingerprint density at radius 1 is 1.29 bits per heavy atom. The molecule has 4 unspecified atom stereocenters. The summed E-state index contributed by atoms with van der Waals surface area (Å²) in [6.07, 6.45) is -4.25. The van der Waals surface area contributed by atoms with E-state index in [2.05, 4.69) is 0 Å². The maximum Gasteiger partial charge on any atom is 0.405 e. The highest BCUT2D eigenvalue weighted by Gasteiger charge is 2.49. The molecule has 17 heavy (non-hydrogen) atoms. The molecule has 0 aromatic carbocycles. The van der Waals surface area contributed by atoms with Gasteiger partial charge < -0.3 is 10.6 Å². The maximum absolute atomic E-state index is 12.9. The first kappa shape index (κ1) is 14.7. The van der Waals surface area contributed by atoms with E-state index in [-0.39, 0.29) is 12.0 Å². The Kier molecular flexibility index (Phi) is 4.43. The monoisotopic (exact) mass is 253 g/mol. The van der Waals surface area contributed by atoms with Crippen molar-refractivity contribution in [2.75, 3.05) is 27.2 Å². The highest BCUT2D eigenvalue weighted by Crippen LogP contribution is 2.31. The van der Waals surface area contributed by atoms with Gasteiger partial charge in [0, 0.05) is 25.2 Å². The zero-order valence-electron chi connectivity index (χ0n) is 10.8. The number of halogens is 3. The SMILES string of the molecule is CC(N)C(N1CC(C)C(N(C)C)C1)C(F)(F)F. The Balaban J connectivity index is 2.79. The number of hydrogen-bond acceptors (Lipinski definition) is 3. The summed E-state index contributed by atoms with van der Waals surface area (Å²) >= 11 is 0. The Hall–Kier alpha value is -0.330. The summed E-state index contributed by atoms with van der Waals surface area (Å²) in [5, 5.41) is 0. The summed E-state index contributed by atoms with van der Waals surface area (Å²) in [6, 6.07) is -2.27. The van der Waals surface area contributed by atoms with E-state index in [9.17, 15) is 13.2 Å². The van der Waals surface area contributed by atoms with Crippen molar-refractivity contribution >= 4 is 0 Å².